The van der Waals surface area contributed by atoms with Gasteiger partial charge in [0, 0.05) is 55.9 Å². The first-order valence-corrected chi connectivity index (χ1v) is 11.6. The number of aromatic nitrogens is 1. The number of aryl methyl sites for hydroxylation is 1. The van der Waals surface area contributed by atoms with Gasteiger partial charge in [-0.2, -0.15) is 0 Å². The fourth-order valence-electron chi connectivity index (χ4n) is 5.86. The predicted molar refractivity (Wildman–Crippen MR) is 125 cm³/mol. The Morgan fingerprint density at radius 3 is 2.56 bits per heavy atom. The molecule has 0 saturated carbocycles. The van der Waals surface area contributed by atoms with Crippen LogP contribution in [-0.4, -0.2) is 65.1 Å². The lowest BCUT2D eigenvalue weighted by Gasteiger charge is -2.53. The number of hydrogen-bond acceptors (Lipinski definition) is 4. The number of likely N-dealkylation sites (tertiary alicyclic amines) is 1. The van der Waals surface area contributed by atoms with Crippen molar-refractivity contribution in [1.29, 1.82) is 0 Å². The van der Waals surface area contributed by atoms with Gasteiger partial charge in [0.05, 0.1) is 5.92 Å². The highest BCUT2D eigenvalue weighted by molar-refractivity contribution is 5.96. The number of nitrogens with one attached hydrogen (secondary N) is 1. The van der Waals surface area contributed by atoms with Crippen LogP contribution in [0, 0.1) is 5.92 Å². The number of carbonyl (C=O) groups is 2. The summed E-state index contributed by atoms with van der Waals surface area (Å²) in [5.41, 5.74) is 3.06. The van der Waals surface area contributed by atoms with Crippen LogP contribution < -0.4 is 5.32 Å². The normalized spacial score (nSPS) is 25.3. The molecular weight excluding hydrogens is 404 g/mol. The van der Waals surface area contributed by atoms with E-state index in [-0.39, 0.29) is 36.0 Å². The van der Waals surface area contributed by atoms with E-state index in [1.165, 1.54) is 21.4 Å². The topological polar surface area (TPSA) is 66.8 Å². The van der Waals surface area contributed by atoms with Gasteiger partial charge in [-0.15, -0.1) is 0 Å². The molecule has 2 aromatic rings. The maximum Gasteiger partial charge on any atom is 0.324 e. The zero-order valence-electron chi connectivity index (χ0n) is 20.3. The monoisotopic (exact) mass is 440 g/mol. The second kappa shape index (κ2) is 8.19. The zero-order valence-corrected chi connectivity index (χ0v) is 20.3. The van der Waals surface area contributed by atoms with E-state index >= 15 is 0 Å². The van der Waals surface area contributed by atoms with Crippen molar-refractivity contribution in [2.24, 2.45) is 13.0 Å². The molecule has 2 heterocycles. The van der Waals surface area contributed by atoms with Crippen molar-refractivity contribution < 1.29 is 14.3 Å². The van der Waals surface area contributed by atoms with Crippen LogP contribution >= 0.6 is 0 Å². The second-order valence-electron chi connectivity index (χ2n) is 10.0. The third-order valence-corrected chi connectivity index (χ3v) is 7.19. The number of likely N-dealkylation sites (N-methyl/N-ethyl adjacent to an activating group) is 1. The number of benzene rings is 1. The number of hydrogen-bond donors (Lipinski definition) is 1. The summed E-state index contributed by atoms with van der Waals surface area (Å²) in [6.45, 7) is 8.18. The van der Waals surface area contributed by atoms with Crippen LogP contribution in [0.1, 0.15) is 45.2 Å². The Labute approximate surface area is 190 Å². The molecule has 1 aliphatic heterocycles. The summed E-state index contributed by atoms with van der Waals surface area (Å²) in [5.74, 6) is -0.470. The van der Waals surface area contributed by atoms with E-state index in [0.717, 1.165) is 12.0 Å². The Kier molecular flexibility index (Phi) is 5.84. The van der Waals surface area contributed by atoms with Crippen LogP contribution in [0.3, 0.4) is 0 Å². The number of piperidine rings is 1. The maximum absolute atomic E-state index is 13.7. The van der Waals surface area contributed by atoms with Crippen LogP contribution in [-0.2, 0) is 28.6 Å². The van der Waals surface area contributed by atoms with Gasteiger partial charge in [-0.25, -0.2) is 4.79 Å². The number of imide groups is 1. The van der Waals surface area contributed by atoms with Crippen LogP contribution in [0.5, 0.6) is 0 Å². The van der Waals surface area contributed by atoms with Crippen LogP contribution in [0.25, 0.3) is 10.9 Å². The van der Waals surface area contributed by atoms with Crippen molar-refractivity contribution in [3.05, 3.63) is 35.5 Å². The highest BCUT2D eigenvalue weighted by Crippen LogP contribution is 2.50. The molecule has 2 aliphatic rings. The summed E-state index contributed by atoms with van der Waals surface area (Å²) in [5, 5.41) is 4.13. The lowest BCUT2D eigenvalue weighted by Crippen LogP contribution is -2.62. The summed E-state index contributed by atoms with van der Waals surface area (Å²) in [7, 11) is 5.90. The Morgan fingerprint density at radius 1 is 1.22 bits per heavy atom. The van der Waals surface area contributed by atoms with Crippen molar-refractivity contribution in [3.8, 4) is 0 Å². The molecule has 32 heavy (non-hydrogen) atoms. The molecule has 174 valence electrons. The van der Waals surface area contributed by atoms with E-state index in [2.05, 4.69) is 53.3 Å². The molecule has 1 aliphatic carbocycles. The lowest BCUT2D eigenvalue weighted by atomic mass is 9.68. The van der Waals surface area contributed by atoms with E-state index in [1.54, 1.807) is 7.11 Å². The van der Waals surface area contributed by atoms with Gasteiger partial charge in [0.15, 0.2) is 0 Å². The molecule has 4 rings (SSSR count). The number of amides is 3. The van der Waals surface area contributed by atoms with Crippen molar-refractivity contribution in [2.45, 2.75) is 64.3 Å². The minimum absolute atomic E-state index is 0.0345. The first kappa shape index (κ1) is 22.8. The van der Waals surface area contributed by atoms with Gasteiger partial charge in [0.1, 0.15) is 5.60 Å². The number of methoxy groups -OCH3 is 1. The van der Waals surface area contributed by atoms with Crippen LogP contribution in [0.15, 0.2) is 24.4 Å². The second-order valence-corrected chi connectivity index (χ2v) is 10.0. The Morgan fingerprint density at radius 2 is 1.94 bits per heavy atom. The highest BCUT2D eigenvalue weighted by atomic mass is 16.5. The van der Waals surface area contributed by atoms with E-state index in [0.29, 0.717) is 13.0 Å². The van der Waals surface area contributed by atoms with Gasteiger partial charge in [-0.1, -0.05) is 12.1 Å². The standard InChI is InChI=1S/C25H36N4O3/c1-15(2)26-24(31)29(16(3)4)23(30)18-12-25(32-7)19-9-8-10-20-22(19)17(13-27(20)5)11-21(25)28(6)14-18/h8-10,13,15-16,18,21H,11-12,14H2,1-7H3,(H,26,31)/t18?,21-,25-/m1/s1. The highest BCUT2D eigenvalue weighted by Gasteiger charge is 2.53. The number of rotatable bonds is 4. The predicted octanol–water partition coefficient (Wildman–Crippen LogP) is 3.25. The van der Waals surface area contributed by atoms with E-state index in [9.17, 15) is 9.59 Å². The zero-order chi connectivity index (χ0) is 23.4. The van der Waals surface area contributed by atoms with Gasteiger partial charge < -0.3 is 14.6 Å². The molecule has 1 fully saturated rings. The molecule has 0 spiro atoms. The molecule has 1 aromatic carbocycles. The summed E-state index contributed by atoms with van der Waals surface area (Å²) >= 11 is 0. The Bertz CT molecular complexity index is 1040. The number of urea groups is 1. The van der Waals surface area contributed by atoms with Crippen molar-refractivity contribution in [2.75, 3.05) is 20.7 Å². The van der Waals surface area contributed by atoms with E-state index in [4.69, 9.17) is 4.74 Å². The molecule has 0 radical (unpaired) electrons. The quantitative estimate of drug-likeness (QED) is 0.793. The number of ether oxygens (including phenoxy) is 1. The largest absolute Gasteiger partial charge is 0.372 e. The van der Waals surface area contributed by atoms with E-state index < -0.39 is 5.60 Å². The smallest absolute Gasteiger partial charge is 0.324 e. The molecule has 3 atom stereocenters. The fourth-order valence-corrected chi connectivity index (χ4v) is 5.86. The minimum Gasteiger partial charge on any atom is -0.372 e. The molecule has 3 amide bonds. The molecule has 0 bridgehead atoms. The van der Waals surface area contributed by atoms with Crippen molar-refractivity contribution in [3.63, 3.8) is 0 Å². The van der Waals surface area contributed by atoms with Gasteiger partial charge >= 0.3 is 6.03 Å². The third kappa shape index (κ3) is 3.42. The number of fused-ring (bicyclic) bond motifs is 2. The SMILES string of the molecule is CO[C@@]12CC(C(=O)N(C(=O)NC(C)C)C(C)C)CN(C)[C@@H]1Cc1cn(C)c3cccc2c13. The van der Waals surface area contributed by atoms with Gasteiger partial charge in [0.25, 0.3) is 0 Å². The molecule has 1 aromatic heterocycles. The minimum atomic E-state index is -0.599. The van der Waals surface area contributed by atoms with Gasteiger partial charge in [-0.05, 0) is 64.8 Å². The Hall–Kier alpha value is -2.38. The third-order valence-electron chi connectivity index (χ3n) is 7.19. The maximum atomic E-state index is 13.7. The fraction of sp³-hybridized carbons (Fsp3) is 0.600. The van der Waals surface area contributed by atoms with Crippen LogP contribution in [0.2, 0.25) is 0 Å². The average molecular weight is 441 g/mol. The summed E-state index contributed by atoms with van der Waals surface area (Å²) in [6, 6.07) is 5.91. The number of carbonyl (C=O) groups excluding carboxylic acids is 2. The van der Waals surface area contributed by atoms with Crippen LogP contribution in [0.4, 0.5) is 4.79 Å². The van der Waals surface area contributed by atoms with Gasteiger partial charge in [-0.3, -0.25) is 14.6 Å². The molecule has 1 N–H and O–H groups in total. The summed E-state index contributed by atoms with van der Waals surface area (Å²) in [4.78, 5) is 30.2. The first-order chi connectivity index (χ1) is 15.1. The summed E-state index contributed by atoms with van der Waals surface area (Å²) in [6.07, 6.45) is 3.65. The van der Waals surface area contributed by atoms with Crippen molar-refractivity contribution >= 4 is 22.8 Å². The van der Waals surface area contributed by atoms with Gasteiger partial charge in [0.2, 0.25) is 5.91 Å². The Balaban J connectivity index is 1.75. The molecule has 1 unspecified atom stereocenters. The molecule has 7 nitrogen and oxygen atoms in total. The average Bonchev–Trinajstić information content (AvgIpc) is 3.04. The summed E-state index contributed by atoms with van der Waals surface area (Å²) < 4.78 is 8.51. The number of nitrogens with zero attached hydrogens (tertiary/aromatic N) is 3. The lowest BCUT2D eigenvalue weighted by molar-refractivity contribution is -0.154. The first-order valence-electron chi connectivity index (χ1n) is 11.6. The van der Waals surface area contributed by atoms with E-state index in [1.807, 2.05) is 27.7 Å². The molecule has 7 heteroatoms. The van der Waals surface area contributed by atoms with Crippen molar-refractivity contribution in [1.82, 2.24) is 19.7 Å². The molecule has 1 saturated heterocycles. The molecular formula is C25H36N4O3.